The van der Waals surface area contributed by atoms with E-state index in [2.05, 4.69) is 17.6 Å². The average Bonchev–Trinajstić information content (AvgIpc) is 2.89. The van der Waals surface area contributed by atoms with Gasteiger partial charge in [-0.15, -0.1) is 0 Å². The van der Waals surface area contributed by atoms with E-state index in [1.165, 1.54) is 25.7 Å². The third kappa shape index (κ3) is 3.15. The van der Waals surface area contributed by atoms with Crippen LogP contribution in [0.15, 0.2) is 18.2 Å². The van der Waals surface area contributed by atoms with Gasteiger partial charge in [-0.2, -0.15) is 0 Å². The molecule has 1 aliphatic carbocycles. The van der Waals surface area contributed by atoms with Crippen molar-refractivity contribution in [1.29, 1.82) is 0 Å². The molecule has 0 bridgehead atoms. The third-order valence-electron chi connectivity index (χ3n) is 3.98. The van der Waals surface area contributed by atoms with Crippen molar-refractivity contribution in [3.63, 3.8) is 0 Å². The van der Waals surface area contributed by atoms with Crippen molar-refractivity contribution >= 4 is 23.0 Å². The van der Waals surface area contributed by atoms with Gasteiger partial charge in [0.25, 0.3) is 0 Å². The molecule has 1 saturated carbocycles. The fourth-order valence-electron chi connectivity index (χ4n) is 2.73. The van der Waals surface area contributed by atoms with E-state index < -0.39 is 0 Å². The second-order valence-electron chi connectivity index (χ2n) is 5.62. The molecule has 1 fully saturated rings. The minimum Gasteiger partial charge on any atom is -0.454 e. The summed E-state index contributed by atoms with van der Waals surface area (Å²) in [4.78, 5) is 0. The first-order valence-electron chi connectivity index (χ1n) is 7.18. The zero-order valence-corrected chi connectivity index (χ0v) is 12.5. The second kappa shape index (κ2) is 5.87. The molecule has 1 heterocycles. The van der Waals surface area contributed by atoms with E-state index in [1.807, 2.05) is 18.2 Å². The van der Waals surface area contributed by atoms with Gasteiger partial charge in [0.05, 0.1) is 0 Å². The monoisotopic (exact) mass is 292 g/mol. The van der Waals surface area contributed by atoms with Crippen LogP contribution in [0.1, 0.15) is 32.6 Å². The highest BCUT2D eigenvalue weighted by atomic mass is 32.1. The van der Waals surface area contributed by atoms with E-state index in [-0.39, 0.29) is 0 Å². The van der Waals surface area contributed by atoms with Crippen molar-refractivity contribution < 1.29 is 9.47 Å². The molecular weight excluding hydrogens is 272 g/mol. The molecule has 3 rings (SSSR count). The topological polar surface area (TPSA) is 42.5 Å². The van der Waals surface area contributed by atoms with Gasteiger partial charge in [0.2, 0.25) is 6.79 Å². The Labute approximate surface area is 124 Å². The van der Waals surface area contributed by atoms with Crippen LogP contribution >= 0.6 is 12.2 Å². The zero-order valence-electron chi connectivity index (χ0n) is 11.6. The molecule has 2 N–H and O–H groups in total. The van der Waals surface area contributed by atoms with E-state index >= 15 is 0 Å². The minimum absolute atomic E-state index is 0.293. The summed E-state index contributed by atoms with van der Waals surface area (Å²) in [6, 6.07) is 6.26. The van der Waals surface area contributed by atoms with Crippen LogP contribution in [0.2, 0.25) is 0 Å². The molecule has 20 heavy (non-hydrogen) atoms. The Bertz CT molecular complexity index is 499. The number of nitrogens with one attached hydrogen (secondary N) is 2. The van der Waals surface area contributed by atoms with E-state index in [0.29, 0.717) is 17.9 Å². The molecular formula is C15H20N2O2S. The summed E-state index contributed by atoms with van der Waals surface area (Å²) in [5.74, 6) is 2.41. The predicted molar refractivity (Wildman–Crippen MR) is 83.3 cm³/mol. The Hall–Kier alpha value is -1.49. The number of benzene rings is 1. The smallest absolute Gasteiger partial charge is 0.231 e. The average molecular weight is 292 g/mol. The lowest BCUT2D eigenvalue weighted by Gasteiger charge is -2.28. The Morgan fingerprint density at radius 2 is 1.90 bits per heavy atom. The standard InChI is InChI=1S/C15H20N2O2S/c1-10-2-4-11(5-3-10)16-15(20)17-12-6-7-13-14(8-12)19-9-18-13/h6-8,10-11H,2-5,9H2,1H3,(H2,16,17,20). The van der Waals surface area contributed by atoms with Gasteiger partial charge in [-0.25, -0.2) is 0 Å². The van der Waals surface area contributed by atoms with Gasteiger partial charge >= 0.3 is 0 Å². The second-order valence-corrected chi connectivity index (χ2v) is 6.03. The summed E-state index contributed by atoms with van der Waals surface area (Å²) in [6.07, 6.45) is 4.96. The maximum Gasteiger partial charge on any atom is 0.231 e. The summed E-state index contributed by atoms with van der Waals surface area (Å²) in [5, 5.41) is 7.30. The van der Waals surface area contributed by atoms with E-state index in [9.17, 15) is 0 Å². The number of anilines is 1. The van der Waals surface area contributed by atoms with Crippen LogP contribution in [0.4, 0.5) is 5.69 Å². The summed E-state index contributed by atoms with van der Waals surface area (Å²) < 4.78 is 10.6. The molecule has 2 aliphatic rings. The highest BCUT2D eigenvalue weighted by molar-refractivity contribution is 7.80. The van der Waals surface area contributed by atoms with Crippen LogP contribution in [-0.4, -0.2) is 17.9 Å². The van der Waals surface area contributed by atoms with Gasteiger partial charge in [0.1, 0.15) is 0 Å². The first kappa shape index (κ1) is 13.5. The summed E-state index contributed by atoms with van der Waals surface area (Å²) in [6.45, 7) is 2.61. The summed E-state index contributed by atoms with van der Waals surface area (Å²) in [7, 11) is 0. The fourth-order valence-corrected chi connectivity index (χ4v) is 3.02. The van der Waals surface area contributed by atoms with Gasteiger partial charge in [-0.1, -0.05) is 6.92 Å². The number of fused-ring (bicyclic) bond motifs is 1. The number of ether oxygens (including phenoxy) is 2. The number of thiocarbonyl (C=S) groups is 1. The van der Waals surface area contributed by atoms with Gasteiger partial charge in [0.15, 0.2) is 16.6 Å². The lowest BCUT2D eigenvalue weighted by atomic mass is 9.87. The molecule has 1 aromatic carbocycles. The van der Waals surface area contributed by atoms with Crippen LogP contribution in [-0.2, 0) is 0 Å². The lowest BCUT2D eigenvalue weighted by Crippen LogP contribution is -2.39. The Balaban J connectivity index is 1.54. The number of hydrogen-bond donors (Lipinski definition) is 2. The van der Waals surface area contributed by atoms with Crippen LogP contribution < -0.4 is 20.1 Å². The van der Waals surface area contributed by atoms with Crippen molar-refractivity contribution in [1.82, 2.24) is 5.32 Å². The predicted octanol–water partition coefficient (Wildman–Crippen LogP) is 3.28. The fraction of sp³-hybridized carbons (Fsp3) is 0.533. The molecule has 0 atom stereocenters. The zero-order chi connectivity index (χ0) is 13.9. The molecule has 0 unspecified atom stereocenters. The van der Waals surface area contributed by atoms with Gasteiger partial charge < -0.3 is 20.1 Å². The number of rotatable bonds is 2. The summed E-state index contributed by atoms with van der Waals surface area (Å²) in [5.41, 5.74) is 0.927. The molecule has 1 aromatic rings. The van der Waals surface area contributed by atoms with Gasteiger partial charge in [-0.3, -0.25) is 0 Å². The van der Waals surface area contributed by atoms with Crippen LogP contribution in [0, 0.1) is 5.92 Å². The van der Waals surface area contributed by atoms with Crippen molar-refractivity contribution in [3.8, 4) is 11.5 Å². The maximum absolute atomic E-state index is 5.38. The first-order chi connectivity index (χ1) is 9.70. The maximum atomic E-state index is 5.38. The van der Waals surface area contributed by atoms with Crippen molar-refractivity contribution in [3.05, 3.63) is 18.2 Å². The molecule has 108 valence electrons. The van der Waals surface area contributed by atoms with Crippen LogP contribution in [0.3, 0.4) is 0 Å². The largest absolute Gasteiger partial charge is 0.454 e. The minimum atomic E-state index is 0.293. The van der Waals surface area contributed by atoms with Crippen LogP contribution in [0.5, 0.6) is 11.5 Å². The SMILES string of the molecule is CC1CCC(NC(=S)Nc2ccc3c(c2)OCO3)CC1. The Morgan fingerprint density at radius 3 is 2.70 bits per heavy atom. The van der Waals surface area contributed by atoms with E-state index in [4.69, 9.17) is 21.7 Å². The molecule has 0 radical (unpaired) electrons. The lowest BCUT2D eigenvalue weighted by molar-refractivity contribution is 0.174. The first-order valence-corrected chi connectivity index (χ1v) is 7.59. The molecule has 0 aromatic heterocycles. The quantitative estimate of drug-likeness (QED) is 0.819. The van der Waals surface area contributed by atoms with Crippen molar-refractivity contribution in [2.24, 2.45) is 5.92 Å². The molecule has 5 heteroatoms. The molecule has 1 aliphatic heterocycles. The van der Waals surface area contributed by atoms with Crippen LogP contribution in [0.25, 0.3) is 0 Å². The van der Waals surface area contributed by atoms with E-state index in [0.717, 1.165) is 23.1 Å². The molecule has 0 spiro atoms. The van der Waals surface area contributed by atoms with Crippen molar-refractivity contribution in [2.45, 2.75) is 38.6 Å². The van der Waals surface area contributed by atoms with Gasteiger partial charge in [0, 0.05) is 17.8 Å². The highest BCUT2D eigenvalue weighted by Crippen LogP contribution is 2.34. The summed E-state index contributed by atoms with van der Waals surface area (Å²) >= 11 is 5.38. The van der Waals surface area contributed by atoms with Crippen molar-refractivity contribution in [2.75, 3.05) is 12.1 Å². The Kier molecular flexibility index (Phi) is 3.96. The number of hydrogen-bond acceptors (Lipinski definition) is 3. The van der Waals surface area contributed by atoms with E-state index in [1.54, 1.807) is 0 Å². The molecule has 0 saturated heterocycles. The third-order valence-corrected chi connectivity index (χ3v) is 4.20. The molecule has 0 amide bonds. The highest BCUT2D eigenvalue weighted by Gasteiger charge is 2.19. The van der Waals surface area contributed by atoms with Gasteiger partial charge in [-0.05, 0) is 56.0 Å². The Morgan fingerprint density at radius 1 is 1.15 bits per heavy atom. The molecule has 4 nitrogen and oxygen atoms in total. The normalized spacial score (nSPS) is 24.2.